The van der Waals surface area contributed by atoms with Crippen LogP contribution in [0.4, 0.5) is 11.4 Å². The second-order valence-corrected chi connectivity index (χ2v) is 23.6. The molecule has 0 N–H and O–H groups in total. The smallest absolute Gasteiger partial charge is 0.137 e. The third-order valence-corrected chi connectivity index (χ3v) is 12.8. The van der Waals surface area contributed by atoms with Crippen molar-refractivity contribution in [3.63, 3.8) is 0 Å². The molecule has 0 heterocycles. The highest BCUT2D eigenvalue weighted by atomic mass is 31.2. The fourth-order valence-electron chi connectivity index (χ4n) is 6.10. The molecule has 274 valence electrons. The molecule has 0 fully saturated rings. The molecule has 0 aliphatic carbocycles. The summed E-state index contributed by atoms with van der Waals surface area (Å²) in [5.41, 5.74) is 11.8. The van der Waals surface area contributed by atoms with Crippen molar-refractivity contribution in [3.8, 4) is 0 Å². The Balaban J connectivity index is 2.56. The average Bonchev–Trinajstić information content (AvgIpc) is 2.95. The van der Waals surface area contributed by atoms with E-state index in [1.165, 1.54) is 44.6 Å². The van der Waals surface area contributed by atoms with E-state index in [0.29, 0.717) is 0 Å². The molecule has 0 amide bonds. The lowest BCUT2D eigenvalue weighted by molar-refractivity contribution is 0.550. The number of hydrogen-bond donors (Lipinski definition) is 0. The molecule has 1 unspecified atom stereocenters. The summed E-state index contributed by atoms with van der Waals surface area (Å²) in [7, 11) is 0.222. The lowest BCUT2D eigenvalue weighted by atomic mass is 9.74. The Morgan fingerprint density at radius 3 is 1.28 bits per heavy atom. The summed E-state index contributed by atoms with van der Waals surface area (Å²) in [5.74, 6) is 2.47. The van der Waals surface area contributed by atoms with E-state index in [9.17, 15) is 0 Å². The first-order valence-electron chi connectivity index (χ1n) is 18.7. The van der Waals surface area contributed by atoms with E-state index in [-0.39, 0.29) is 32.5 Å². The van der Waals surface area contributed by atoms with Crippen molar-refractivity contribution in [2.75, 3.05) is 10.6 Å². The highest BCUT2D eigenvalue weighted by Crippen LogP contribution is 2.57. The van der Waals surface area contributed by atoms with Crippen molar-refractivity contribution in [2.24, 2.45) is 4.74 Å². The zero-order valence-electron chi connectivity index (χ0n) is 35.3. The minimum Gasteiger partial charge on any atom is -0.283 e. The minimum absolute atomic E-state index is 0.0339. The van der Waals surface area contributed by atoms with Crippen molar-refractivity contribution >= 4 is 34.0 Å². The quantitative estimate of drug-likeness (QED) is 0.223. The molecular weight excluding hydrogens is 642 g/mol. The Morgan fingerprint density at radius 1 is 0.560 bits per heavy atom. The topological polar surface area (TPSA) is 15.6 Å². The van der Waals surface area contributed by atoms with Crippen LogP contribution in [0.1, 0.15) is 170 Å². The minimum atomic E-state index is -0.736. The van der Waals surface area contributed by atoms with Crippen LogP contribution >= 0.6 is 16.6 Å². The summed E-state index contributed by atoms with van der Waals surface area (Å²) in [6, 6.07) is 20.7. The molecule has 2 nitrogen and oxygen atoms in total. The standard InChI is InChI=1S/C46H70N2P2/c1-20-50(27-26-32-24-22-21-23-25-32)48(40-37(45(14,15)16)30-34(42(5,6)7)31-38(40)46(17,18)19)49-47-39-35(43(8,9)10)28-33(41(2,3)4)29-36(39)44(11,12)13/h21-31H,20H2,1-19H3/b27-26+. The molecule has 0 bridgehead atoms. The molecule has 1 atom stereocenters. The van der Waals surface area contributed by atoms with E-state index in [2.05, 4.69) is 202 Å². The largest absolute Gasteiger partial charge is 0.283 e. The van der Waals surface area contributed by atoms with E-state index in [1.54, 1.807) is 0 Å². The van der Waals surface area contributed by atoms with Crippen LogP contribution in [0, 0.1) is 0 Å². The predicted molar refractivity (Wildman–Crippen MR) is 230 cm³/mol. The second-order valence-electron chi connectivity index (χ2n) is 20.3. The first-order valence-corrected chi connectivity index (χ1v) is 21.0. The lowest BCUT2D eigenvalue weighted by Crippen LogP contribution is -2.25. The van der Waals surface area contributed by atoms with E-state index >= 15 is 0 Å². The third-order valence-electron chi connectivity index (χ3n) is 9.42. The van der Waals surface area contributed by atoms with Crippen molar-refractivity contribution in [2.45, 2.75) is 164 Å². The van der Waals surface area contributed by atoms with Gasteiger partial charge in [0.2, 0.25) is 0 Å². The van der Waals surface area contributed by atoms with Gasteiger partial charge in [-0.2, -0.15) is 0 Å². The molecule has 0 aromatic heterocycles. The Morgan fingerprint density at radius 2 is 0.940 bits per heavy atom. The Hall–Kier alpha value is -2.27. The zero-order valence-corrected chi connectivity index (χ0v) is 37.1. The number of nitrogens with zero attached hydrogens (tertiary/aromatic N) is 2. The van der Waals surface area contributed by atoms with Gasteiger partial charge in [-0.25, -0.2) is 4.74 Å². The van der Waals surface area contributed by atoms with Crippen LogP contribution in [0.3, 0.4) is 0 Å². The lowest BCUT2D eigenvalue weighted by Gasteiger charge is -2.39. The van der Waals surface area contributed by atoms with Crippen molar-refractivity contribution in [3.05, 3.63) is 99.4 Å². The Kier molecular flexibility index (Phi) is 12.6. The number of hydrogen-bond acceptors (Lipinski definition) is 1. The fraction of sp³-hybridized carbons (Fsp3) is 0.565. The summed E-state index contributed by atoms with van der Waals surface area (Å²) in [5, 5.41) is 0. The van der Waals surface area contributed by atoms with Crippen molar-refractivity contribution < 1.29 is 0 Å². The van der Waals surface area contributed by atoms with Crippen molar-refractivity contribution in [1.82, 2.24) is 0 Å². The summed E-state index contributed by atoms with van der Waals surface area (Å²) < 4.78 is 8.44. The van der Waals surface area contributed by atoms with Gasteiger partial charge in [0.1, 0.15) is 8.52 Å². The molecule has 4 heteroatoms. The van der Waals surface area contributed by atoms with Gasteiger partial charge in [0, 0.05) is 8.07 Å². The van der Waals surface area contributed by atoms with E-state index in [1.807, 2.05) is 0 Å². The molecule has 50 heavy (non-hydrogen) atoms. The van der Waals surface area contributed by atoms with Gasteiger partial charge in [-0.3, -0.25) is 4.44 Å². The fourth-order valence-corrected chi connectivity index (χ4v) is 9.30. The number of anilines is 1. The van der Waals surface area contributed by atoms with Crippen LogP contribution in [-0.4, -0.2) is 6.16 Å². The maximum atomic E-state index is 5.76. The van der Waals surface area contributed by atoms with E-state index < -0.39 is 8.07 Å². The zero-order chi connectivity index (χ0) is 38.3. The molecule has 3 rings (SSSR count). The monoisotopic (exact) mass is 713 g/mol. The number of rotatable bonds is 7. The first-order chi connectivity index (χ1) is 22.6. The Bertz CT molecular complexity index is 1600. The highest BCUT2D eigenvalue weighted by Gasteiger charge is 2.34. The van der Waals surface area contributed by atoms with Crippen LogP contribution in [0.15, 0.2) is 65.2 Å². The Labute approximate surface area is 311 Å². The molecule has 0 saturated heterocycles. The van der Waals surface area contributed by atoms with Gasteiger partial charge in [0.25, 0.3) is 0 Å². The van der Waals surface area contributed by atoms with Crippen LogP contribution in [0.25, 0.3) is 6.08 Å². The maximum Gasteiger partial charge on any atom is 0.137 e. The third kappa shape index (κ3) is 10.4. The first kappa shape index (κ1) is 42.1. The van der Waals surface area contributed by atoms with Crippen LogP contribution in [-0.2, 0) is 32.5 Å². The van der Waals surface area contributed by atoms with Gasteiger partial charge in [-0.1, -0.05) is 192 Å². The molecule has 0 spiro atoms. The molecular formula is C46H70N2P2. The molecule has 3 aromatic rings. The van der Waals surface area contributed by atoms with Gasteiger partial charge >= 0.3 is 0 Å². The summed E-state index contributed by atoms with van der Waals surface area (Å²) in [6.07, 6.45) is 3.35. The molecule has 0 aliphatic heterocycles. The van der Waals surface area contributed by atoms with Crippen LogP contribution in [0.2, 0.25) is 0 Å². The molecule has 0 aliphatic rings. The van der Waals surface area contributed by atoms with Gasteiger partial charge in [-0.15, -0.1) is 0 Å². The summed E-state index contributed by atoms with van der Waals surface area (Å²) in [6.45, 7) is 44.7. The summed E-state index contributed by atoms with van der Waals surface area (Å²) in [4.78, 5) is 0. The average molecular weight is 713 g/mol. The van der Waals surface area contributed by atoms with E-state index in [0.717, 1.165) is 20.4 Å². The summed E-state index contributed by atoms with van der Waals surface area (Å²) >= 11 is 0. The van der Waals surface area contributed by atoms with Gasteiger partial charge in [-0.05, 0) is 83.4 Å². The van der Waals surface area contributed by atoms with Crippen LogP contribution in [0.5, 0.6) is 0 Å². The van der Waals surface area contributed by atoms with Crippen molar-refractivity contribution in [1.29, 1.82) is 0 Å². The second kappa shape index (κ2) is 15.0. The normalized spacial score (nSPS) is 14.5. The van der Waals surface area contributed by atoms with Crippen LogP contribution < -0.4 is 4.44 Å². The van der Waals surface area contributed by atoms with E-state index in [4.69, 9.17) is 4.74 Å². The SMILES string of the molecule is CCP(/C=C/c1ccccc1)N(P=Nc1c(C(C)(C)C)cc(C(C)(C)C)cc1C(C)(C)C)c1c(C(C)(C)C)cc(C(C)(C)C)cc1C(C)(C)C. The van der Waals surface area contributed by atoms with Gasteiger partial charge in [0.15, 0.2) is 0 Å². The molecule has 3 aromatic carbocycles. The molecule has 0 radical (unpaired) electrons. The van der Waals surface area contributed by atoms with Gasteiger partial charge < -0.3 is 0 Å². The maximum absolute atomic E-state index is 5.76. The molecule has 0 saturated carbocycles. The predicted octanol–water partition coefficient (Wildman–Crippen LogP) is 15.7. The number of benzene rings is 3. The van der Waals surface area contributed by atoms with Gasteiger partial charge in [0.05, 0.1) is 11.4 Å². The highest BCUT2D eigenvalue weighted by molar-refractivity contribution is 7.70.